The molecule has 0 amide bonds. The van der Waals surface area contributed by atoms with E-state index < -0.39 is 0 Å². The van der Waals surface area contributed by atoms with Gasteiger partial charge in [0, 0.05) is 100 Å². The van der Waals surface area contributed by atoms with Gasteiger partial charge in [-0.1, -0.05) is 7.43 Å². The van der Waals surface area contributed by atoms with Crippen LogP contribution in [0.4, 0.5) is 0 Å². The minimum absolute atomic E-state index is 0. The molecule has 0 rings (SSSR count). The predicted octanol–water partition coefficient (Wildman–Crippen LogP) is 0.243. The van der Waals surface area contributed by atoms with Crippen molar-refractivity contribution in [3.8, 4) is 0 Å². The van der Waals surface area contributed by atoms with E-state index >= 15 is 0 Å². The zero-order chi connectivity index (χ0) is 0. The van der Waals surface area contributed by atoms with E-state index in [0.717, 1.165) is 0 Å². The maximum absolute atomic E-state index is 0. The standard InChI is InChI=1S/CH4.Cr.Cu.Mn.Mo.Ni.Si/h1H4;;;;;;. The summed E-state index contributed by atoms with van der Waals surface area (Å²) in [6, 6.07) is 0. The fourth-order valence-electron chi connectivity index (χ4n) is 0. The first kappa shape index (κ1) is 90.9. The van der Waals surface area contributed by atoms with Crippen LogP contribution in [0.5, 0.6) is 0 Å². The van der Waals surface area contributed by atoms with Crippen molar-refractivity contribution in [3.63, 3.8) is 0 Å². The molecule has 0 fully saturated rings. The molecule has 0 aliphatic rings. The Labute approximate surface area is 106 Å². The van der Waals surface area contributed by atoms with Crippen LogP contribution in [0.1, 0.15) is 7.43 Å². The SMILES string of the molecule is C.[Cr].[Cu].[Mn].[Mo].[Ni].[Si]. The van der Waals surface area contributed by atoms with Crippen LogP contribution in [0.25, 0.3) is 0 Å². The van der Waals surface area contributed by atoms with Gasteiger partial charge in [-0.25, -0.2) is 0 Å². The summed E-state index contributed by atoms with van der Waals surface area (Å²) in [7, 11) is 0. The van der Waals surface area contributed by atoms with Gasteiger partial charge in [0.1, 0.15) is 0 Å². The first-order valence-corrected chi connectivity index (χ1v) is 0. The van der Waals surface area contributed by atoms with Gasteiger partial charge in [0.15, 0.2) is 0 Å². The van der Waals surface area contributed by atoms with Crippen LogP contribution in [-0.4, -0.2) is 11.0 Å². The quantitative estimate of drug-likeness (QED) is 0.537. The Morgan fingerprint density at radius 3 is 1.00 bits per heavy atom. The van der Waals surface area contributed by atoms with Crippen LogP contribution >= 0.6 is 0 Å². The molecule has 0 unspecified atom stereocenters. The number of rotatable bonds is 0. The molecular formula is CH4CrCuMnMoNiSi. The molecule has 0 spiro atoms. The molecule has 0 atom stereocenters. The van der Waals surface area contributed by atoms with Crippen LogP contribution in [-0.2, 0) is 89.1 Å². The van der Waals surface area contributed by atoms with Crippen molar-refractivity contribution in [2.75, 3.05) is 0 Å². The molecule has 0 aromatic rings. The second kappa shape index (κ2) is 64.6. The van der Waals surface area contributed by atoms with E-state index in [1.807, 2.05) is 0 Å². The molecular weight excluding hydrogens is 365 g/mol. The van der Waals surface area contributed by atoms with Crippen LogP contribution in [0.3, 0.4) is 0 Å². The monoisotopic (exact) mass is 370 g/mol. The van der Waals surface area contributed by atoms with Gasteiger partial charge in [0.05, 0.1) is 0 Å². The summed E-state index contributed by atoms with van der Waals surface area (Å²) < 4.78 is 0. The molecule has 52 valence electrons. The van der Waals surface area contributed by atoms with E-state index in [9.17, 15) is 0 Å². The number of hydrogen-bond donors (Lipinski definition) is 0. The minimum Gasteiger partial charge on any atom is -0.0776 e. The summed E-state index contributed by atoms with van der Waals surface area (Å²) in [4.78, 5) is 0. The van der Waals surface area contributed by atoms with E-state index in [-0.39, 0.29) is 107 Å². The number of hydrogen-bond acceptors (Lipinski definition) is 0. The molecule has 7 heavy (non-hydrogen) atoms. The van der Waals surface area contributed by atoms with Crippen molar-refractivity contribution in [2.24, 2.45) is 0 Å². The van der Waals surface area contributed by atoms with Gasteiger partial charge in [-0.15, -0.1) is 0 Å². The Morgan fingerprint density at radius 2 is 1.00 bits per heavy atom. The Hall–Kier alpha value is 2.97. The van der Waals surface area contributed by atoms with Crippen LogP contribution < -0.4 is 0 Å². The molecule has 0 saturated carbocycles. The Kier molecular flexibility index (Phi) is 839. The van der Waals surface area contributed by atoms with Crippen molar-refractivity contribution >= 4 is 11.0 Å². The maximum atomic E-state index is 0. The van der Waals surface area contributed by atoms with Crippen LogP contribution in [0, 0.1) is 0 Å². The molecule has 0 N–H and O–H groups in total. The Morgan fingerprint density at radius 1 is 1.00 bits per heavy atom. The fourth-order valence-corrected chi connectivity index (χ4v) is 0. The van der Waals surface area contributed by atoms with Gasteiger partial charge in [-0.05, 0) is 0 Å². The van der Waals surface area contributed by atoms with E-state index in [1.165, 1.54) is 0 Å². The van der Waals surface area contributed by atoms with Gasteiger partial charge in [-0.3, -0.25) is 0 Å². The summed E-state index contributed by atoms with van der Waals surface area (Å²) in [5.41, 5.74) is 0. The van der Waals surface area contributed by atoms with Crippen molar-refractivity contribution in [1.29, 1.82) is 0 Å². The van der Waals surface area contributed by atoms with Crippen molar-refractivity contribution in [3.05, 3.63) is 0 Å². The molecule has 6 radical (unpaired) electrons. The first-order chi connectivity index (χ1) is 0. The summed E-state index contributed by atoms with van der Waals surface area (Å²) in [5, 5.41) is 0. The molecule has 0 aliphatic carbocycles. The third kappa shape index (κ3) is 49.4. The third-order valence-corrected chi connectivity index (χ3v) is 0. The van der Waals surface area contributed by atoms with Gasteiger partial charge in [0.25, 0.3) is 0 Å². The molecule has 0 aromatic heterocycles. The minimum atomic E-state index is 0. The molecule has 0 nitrogen and oxygen atoms in total. The summed E-state index contributed by atoms with van der Waals surface area (Å²) in [5.74, 6) is 0. The van der Waals surface area contributed by atoms with E-state index in [0.29, 0.717) is 0 Å². The smallest absolute Gasteiger partial charge is 0 e. The van der Waals surface area contributed by atoms with Gasteiger partial charge in [0.2, 0.25) is 0 Å². The molecule has 0 aromatic carbocycles. The fraction of sp³-hybridized carbons (Fsp3) is 1.00. The van der Waals surface area contributed by atoms with E-state index in [2.05, 4.69) is 0 Å². The first-order valence-electron chi connectivity index (χ1n) is 0. The van der Waals surface area contributed by atoms with Gasteiger partial charge >= 0.3 is 0 Å². The average Bonchev–Trinajstić information content (AvgIpc) is 0. The zero-order valence-electron chi connectivity index (χ0n) is 2.31. The predicted molar refractivity (Wildman–Crippen MR) is 12.5 cm³/mol. The molecule has 6 heteroatoms. The molecule has 0 heterocycles. The summed E-state index contributed by atoms with van der Waals surface area (Å²) in [6.45, 7) is 0. The van der Waals surface area contributed by atoms with E-state index in [4.69, 9.17) is 0 Å². The van der Waals surface area contributed by atoms with Crippen molar-refractivity contribution < 1.29 is 89.1 Å². The van der Waals surface area contributed by atoms with Gasteiger partial charge < -0.3 is 0 Å². The van der Waals surface area contributed by atoms with E-state index in [1.54, 1.807) is 0 Å². The average molecular weight is 369 g/mol. The summed E-state index contributed by atoms with van der Waals surface area (Å²) in [6.07, 6.45) is 0. The Balaban J connectivity index is 0. The largest absolute Gasteiger partial charge is 0.0776 e. The normalized spacial score (nSPS) is 0. The zero-order valence-corrected chi connectivity index (χ0v) is 9.70. The van der Waals surface area contributed by atoms with Crippen LogP contribution in [0.15, 0.2) is 0 Å². The van der Waals surface area contributed by atoms with Crippen molar-refractivity contribution in [2.45, 2.75) is 7.43 Å². The molecule has 0 bridgehead atoms. The van der Waals surface area contributed by atoms with Crippen LogP contribution in [0.2, 0.25) is 0 Å². The second-order valence-electron chi connectivity index (χ2n) is 0. The molecule has 0 saturated heterocycles. The topological polar surface area (TPSA) is 0 Å². The third-order valence-electron chi connectivity index (χ3n) is 0. The Bertz CT molecular complexity index is 19.7. The van der Waals surface area contributed by atoms with Gasteiger partial charge in [-0.2, -0.15) is 0 Å². The van der Waals surface area contributed by atoms with Crippen molar-refractivity contribution in [1.82, 2.24) is 0 Å². The maximum Gasteiger partial charge on any atom is 0 e. The summed E-state index contributed by atoms with van der Waals surface area (Å²) >= 11 is 0. The second-order valence-corrected chi connectivity index (χ2v) is 0. The molecule has 0 aliphatic heterocycles.